The van der Waals surface area contributed by atoms with Gasteiger partial charge in [-0.15, -0.1) is 11.3 Å². The first-order valence-corrected chi connectivity index (χ1v) is 20.3. The first kappa shape index (κ1) is 33.2. The second-order valence-corrected chi connectivity index (χ2v) is 15.5. The summed E-state index contributed by atoms with van der Waals surface area (Å²) in [5.74, 6) is 0. The van der Waals surface area contributed by atoms with Crippen LogP contribution < -0.4 is 4.90 Å². The topological polar surface area (TPSA) is 8.17 Å². The molecular weight excluding hydrogens is 709 g/mol. The third kappa shape index (κ3) is 5.63. The average Bonchev–Trinajstić information content (AvgIpc) is 3.83. The Morgan fingerprint density at radius 2 is 0.912 bits per heavy atom. The molecule has 0 radical (unpaired) electrons. The second kappa shape index (κ2) is 13.8. The highest BCUT2D eigenvalue weighted by Crippen LogP contribution is 2.48. The lowest BCUT2D eigenvalue weighted by molar-refractivity contribution is 1.18. The van der Waals surface area contributed by atoms with Crippen LogP contribution in [0.2, 0.25) is 0 Å². The van der Waals surface area contributed by atoms with E-state index in [1.165, 1.54) is 69.8 Å². The molecule has 3 heteroatoms. The van der Waals surface area contributed by atoms with Crippen molar-refractivity contribution in [2.24, 2.45) is 0 Å². The summed E-state index contributed by atoms with van der Waals surface area (Å²) in [6.45, 7) is 0. The molecule has 0 fully saturated rings. The number of aromatic nitrogens is 1. The van der Waals surface area contributed by atoms with Crippen LogP contribution in [0.25, 0.3) is 81.0 Å². The summed E-state index contributed by atoms with van der Waals surface area (Å²) in [6, 6.07) is 79.4. The van der Waals surface area contributed by atoms with Gasteiger partial charge in [-0.2, -0.15) is 0 Å². The smallest absolute Gasteiger partial charge is 0.0561 e. The summed E-state index contributed by atoms with van der Waals surface area (Å²) in [6.07, 6.45) is 0. The van der Waals surface area contributed by atoms with Gasteiger partial charge in [-0.3, -0.25) is 0 Å². The van der Waals surface area contributed by atoms with Crippen molar-refractivity contribution < 1.29 is 0 Å². The maximum Gasteiger partial charge on any atom is 0.0561 e. The summed E-state index contributed by atoms with van der Waals surface area (Å²) in [5, 5.41) is 5.06. The molecule has 9 aromatic carbocycles. The molecule has 57 heavy (non-hydrogen) atoms. The predicted molar refractivity (Wildman–Crippen MR) is 245 cm³/mol. The molecule has 0 saturated heterocycles. The molecule has 0 aliphatic carbocycles. The van der Waals surface area contributed by atoms with Gasteiger partial charge >= 0.3 is 0 Å². The molecule has 0 aliphatic rings. The van der Waals surface area contributed by atoms with Crippen LogP contribution in [-0.2, 0) is 0 Å². The van der Waals surface area contributed by atoms with Crippen LogP contribution in [0, 0.1) is 0 Å². The van der Waals surface area contributed by atoms with Crippen LogP contribution in [0.1, 0.15) is 0 Å². The third-order valence-electron chi connectivity index (χ3n) is 11.2. The van der Waals surface area contributed by atoms with Crippen molar-refractivity contribution >= 4 is 70.4 Å². The normalized spacial score (nSPS) is 11.5. The van der Waals surface area contributed by atoms with E-state index in [1.807, 2.05) is 11.3 Å². The van der Waals surface area contributed by atoms with Gasteiger partial charge in [0, 0.05) is 59.0 Å². The van der Waals surface area contributed by atoms with Gasteiger partial charge in [0.2, 0.25) is 0 Å². The Kier molecular flexibility index (Phi) is 8.04. The van der Waals surface area contributed by atoms with Gasteiger partial charge < -0.3 is 9.47 Å². The maximum atomic E-state index is 2.48. The molecule has 0 saturated carbocycles. The Bertz CT molecular complexity index is 3230. The van der Waals surface area contributed by atoms with Gasteiger partial charge in [0.1, 0.15) is 0 Å². The Hall–Kier alpha value is -7.20. The summed E-state index contributed by atoms with van der Waals surface area (Å²) in [4.78, 5) is 2.48. The van der Waals surface area contributed by atoms with E-state index in [-0.39, 0.29) is 0 Å². The molecule has 0 amide bonds. The molecule has 0 aliphatic heterocycles. The van der Waals surface area contributed by atoms with Crippen LogP contribution in [0.5, 0.6) is 0 Å². The number of anilines is 3. The zero-order valence-electron chi connectivity index (χ0n) is 31.1. The van der Waals surface area contributed by atoms with Crippen LogP contribution in [0.4, 0.5) is 17.1 Å². The fourth-order valence-corrected chi connectivity index (χ4v) is 9.83. The molecule has 0 spiro atoms. The number of hydrogen-bond acceptors (Lipinski definition) is 2. The predicted octanol–water partition coefficient (Wildman–Crippen LogP) is 15.6. The van der Waals surface area contributed by atoms with Crippen molar-refractivity contribution in [2.45, 2.75) is 0 Å². The lowest BCUT2D eigenvalue weighted by Crippen LogP contribution is -2.12. The monoisotopic (exact) mass is 744 g/mol. The van der Waals surface area contributed by atoms with Gasteiger partial charge in [0.15, 0.2) is 0 Å². The minimum Gasteiger partial charge on any atom is -0.309 e. The molecule has 0 atom stereocenters. The minimum absolute atomic E-state index is 1.09. The molecule has 2 nitrogen and oxygen atoms in total. The maximum absolute atomic E-state index is 2.48. The Morgan fingerprint density at radius 1 is 0.351 bits per heavy atom. The first-order valence-electron chi connectivity index (χ1n) is 19.4. The number of thiophene rings is 1. The molecule has 0 bridgehead atoms. The number of rotatable bonds is 7. The van der Waals surface area contributed by atoms with E-state index in [0.717, 1.165) is 28.3 Å². The summed E-state index contributed by atoms with van der Waals surface area (Å²) < 4.78 is 5.03. The molecule has 11 aromatic rings. The molecule has 11 rings (SSSR count). The van der Waals surface area contributed by atoms with Gasteiger partial charge in [-0.05, 0) is 65.2 Å². The molecule has 0 unspecified atom stereocenters. The number of para-hydroxylation sites is 3. The highest BCUT2D eigenvalue weighted by molar-refractivity contribution is 7.26. The highest BCUT2D eigenvalue weighted by Gasteiger charge is 2.23. The van der Waals surface area contributed by atoms with Gasteiger partial charge in [-0.25, -0.2) is 0 Å². The van der Waals surface area contributed by atoms with Crippen LogP contribution in [-0.4, -0.2) is 4.57 Å². The standard InChI is InChI=1S/C54H36N2S/c1-3-16-37(17-4-1)38-30-32-40(33-31-38)55-50-27-12-8-21-43(50)45-35-34-41(36-52(45)55)56(49-26-11-7-20-42(49)39-18-5-2-6-19-39)51-28-13-9-22-44(51)47-24-15-25-48-46-23-10-14-29-53(46)57-54(47)48/h1-36H. The van der Waals surface area contributed by atoms with Crippen molar-refractivity contribution in [2.75, 3.05) is 4.90 Å². The van der Waals surface area contributed by atoms with E-state index in [2.05, 4.69) is 228 Å². The molecular formula is C54H36N2S. The van der Waals surface area contributed by atoms with E-state index in [0.29, 0.717) is 0 Å². The SMILES string of the molecule is c1ccc(-c2ccc(-n3c4ccccc4c4ccc(N(c5ccccc5-c5ccccc5)c5ccccc5-c5cccc6c5sc5ccccc56)cc43)cc2)cc1. The van der Waals surface area contributed by atoms with E-state index in [1.54, 1.807) is 0 Å². The fourth-order valence-electron chi connectivity index (χ4n) is 8.60. The lowest BCUT2D eigenvalue weighted by atomic mass is 9.97. The van der Waals surface area contributed by atoms with Gasteiger partial charge in [0.25, 0.3) is 0 Å². The van der Waals surface area contributed by atoms with Crippen LogP contribution in [0.3, 0.4) is 0 Å². The summed E-state index contributed by atoms with van der Waals surface area (Å²) in [5.41, 5.74) is 14.0. The van der Waals surface area contributed by atoms with E-state index < -0.39 is 0 Å². The first-order chi connectivity index (χ1) is 28.3. The van der Waals surface area contributed by atoms with Crippen molar-refractivity contribution in [1.29, 1.82) is 0 Å². The Labute approximate surface area is 335 Å². The number of benzene rings is 9. The second-order valence-electron chi connectivity index (χ2n) is 14.5. The number of hydrogen-bond donors (Lipinski definition) is 0. The molecule has 268 valence electrons. The van der Waals surface area contributed by atoms with Crippen molar-refractivity contribution in [1.82, 2.24) is 4.57 Å². The van der Waals surface area contributed by atoms with Gasteiger partial charge in [-0.1, -0.05) is 170 Å². The Balaban J connectivity index is 1.17. The molecule has 2 heterocycles. The lowest BCUT2D eigenvalue weighted by Gasteiger charge is -2.30. The van der Waals surface area contributed by atoms with E-state index >= 15 is 0 Å². The average molecular weight is 745 g/mol. The van der Waals surface area contributed by atoms with E-state index in [9.17, 15) is 0 Å². The zero-order chi connectivity index (χ0) is 37.7. The fraction of sp³-hybridized carbons (Fsp3) is 0. The van der Waals surface area contributed by atoms with Crippen LogP contribution in [0.15, 0.2) is 218 Å². The zero-order valence-corrected chi connectivity index (χ0v) is 31.9. The van der Waals surface area contributed by atoms with Crippen LogP contribution >= 0.6 is 11.3 Å². The highest BCUT2D eigenvalue weighted by atomic mass is 32.1. The summed E-state index contributed by atoms with van der Waals surface area (Å²) in [7, 11) is 0. The Morgan fingerprint density at radius 3 is 1.70 bits per heavy atom. The summed E-state index contributed by atoms with van der Waals surface area (Å²) >= 11 is 1.88. The quantitative estimate of drug-likeness (QED) is 0.158. The minimum atomic E-state index is 1.09. The van der Waals surface area contributed by atoms with E-state index in [4.69, 9.17) is 0 Å². The van der Waals surface area contributed by atoms with Crippen molar-refractivity contribution in [3.05, 3.63) is 218 Å². The third-order valence-corrected chi connectivity index (χ3v) is 12.4. The van der Waals surface area contributed by atoms with Crippen molar-refractivity contribution in [3.63, 3.8) is 0 Å². The molecule has 2 aromatic heterocycles. The largest absolute Gasteiger partial charge is 0.309 e. The van der Waals surface area contributed by atoms with Gasteiger partial charge in [0.05, 0.1) is 22.4 Å². The number of fused-ring (bicyclic) bond motifs is 6. The number of nitrogens with zero attached hydrogens (tertiary/aromatic N) is 2. The molecule has 0 N–H and O–H groups in total. The van der Waals surface area contributed by atoms with Crippen molar-refractivity contribution in [3.8, 4) is 39.1 Å².